The maximum atomic E-state index is 13.7. The van der Waals surface area contributed by atoms with Gasteiger partial charge >= 0.3 is 25.2 Å². The fourth-order valence-corrected chi connectivity index (χ4v) is 4.74. The Balaban J connectivity index is 1.79. The molecule has 42 heavy (non-hydrogen) atoms. The lowest BCUT2D eigenvalue weighted by atomic mass is 9.98. The van der Waals surface area contributed by atoms with Crippen molar-refractivity contribution >= 4 is 25.0 Å². The molecule has 0 amide bonds. The van der Waals surface area contributed by atoms with Crippen molar-refractivity contribution in [2.75, 3.05) is 20.7 Å². The van der Waals surface area contributed by atoms with Gasteiger partial charge in [0.05, 0.1) is 23.6 Å². The Morgan fingerprint density at radius 1 is 1.07 bits per heavy atom. The summed E-state index contributed by atoms with van der Waals surface area (Å²) in [6.45, 7) is 7.97. The minimum absolute atomic E-state index is 0.192. The van der Waals surface area contributed by atoms with E-state index in [0.717, 1.165) is 15.3 Å². The van der Waals surface area contributed by atoms with Crippen LogP contribution in [0.15, 0.2) is 28.0 Å². The highest BCUT2D eigenvalue weighted by Crippen LogP contribution is 2.46. The number of methoxy groups -OCH3 is 1. The molecular formula is C24H36N5O12P. The van der Waals surface area contributed by atoms with Crippen LogP contribution in [-0.2, 0) is 48.7 Å². The molecule has 17 nitrogen and oxygen atoms in total. The van der Waals surface area contributed by atoms with Gasteiger partial charge in [0.15, 0.2) is 11.7 Å². The third-order valence-corrected chi connectivity index (χ3v) is 7.61. The fraction of sp³-hybridized carbons (Fsp3) is 0.667. The van der Waals surface area contributed by atoms with Gasteiger partial charge < -0.3 is 29.0 Å². The number of nitrogens with zero attached hydrogens (tertiary/aromatic N) is 4. The highest BCUT2D eigenvalue weighted by molar-refractivity contribution is 7.61. The lowest BCUT2D eigenvalue weighted by Crippen LogP contribution is -2.42. The van der Waals surface area contributed by atoms with Gasteiger partial charge in [-0.3, -0.25) is 28.0 Å². The number of rotatable bonds is 11. The molecule has 2 aromatic rings. The molecule has 0 bridgehead atoms. The van der Waals surface area contributed by atoms with Crippen molar-refractivity contribution < 1.29 is 47.3 Å². The summed E-state index contributed by atoms with van der Waals surface area (Å²) in [5, 5.41) is 18.5. The van der Waals surface area contributed by atoms with Crippen molar-refractivity contribution in [3.05, 3.63) is 39.3 Å². The number of ether oxygens (including phenoxy) is 4. The predicted octanol–water partition coefficient (Wildman–Crippen LogP) is 0.0468. The Labute approximate surface area is 240 Å². The molecule has 3 rings (SSSR count). The third kappa shape index (κ3) is 7.79. The van der Waals surface area contributed by atoms with Crippen molar-refractivity contribution in [3.63, 3.8) is 0 Å². The lowest BCUT2D eigenvalue weighted by Gasteiger charge is -2.20. The molecule has 2 aromatic heterocycles. The van der Waals surface area contributed by atoms with Crippen LogP contribution in [0.25, 0.3) is 0 Å². The van der Waals surface area contributed by atoms with Crippen LogP contribution in [0.4, 0.5) is 0 Å². The summed E-state index contributed by atoms with van der Waals surface area (Å²) in [5.74, 6) is -1.27. The SMILES string of the molecule is CO[C@@H]1[C@H](O)[C@@H](Cn2cc(P(=O)(OCOC(=O)C(C)(C)C)OCOC(=O)C(C)(C)C)nn2)O[C@H]1n1c(=O)cc[nH]c1=O. The first-order chi connectivity index (χ1) is 19.5. The van der Waals surface area contributed by atoms with Crippen molar-refractivity contribution in [2.45, 2.75) is 72.6 Å². The molecule has 0 aliphatic carbocycles. The number of carbonyl (C=O) groups is 2. The first-order valence-corrected chi connectivity index (χ1v) is 14.3. The molecule has 1 aliphatic rings. The molecule has 0 radical (unpaired) electrons. The Hall–Kier alpha value is -3.21. The van der Waals surface area contributed by atoms with E-state index >= 15 is 0 Å². The fourth-order valence-electron chi connectivity index (χ4n) is 3.60. The first kappa shape index (κ1) is 33.3. The number of hydrogen-bond acceptors (Lipinski definition) is 14. The van der Waals surface area contributed by atoms with Crippen molar-refractivity contribution in [3.8, 4) is 0 Å². The van der Waals surface area contributed by atoms with Crippen LogP contribution in [0, 0.1) is 10.8 Å². The smallest absolute Gasteiger partial charge is 0.388 e. The average molecular weight is 618 g/mol. The second-order valence-corrected chi connectivity index (χ2v) is 13.4. The average Bonchev–Trinajstić information content (AvgIpc) is 3.47. The van der Waals surface area contributed by atoms with Gasteiger partial charge in [-0.05, 0) is 41.5 Å². The van der Waals surface area contributed by atoms with Crippen molar-refractivity contribution in [1.29, 1.82) is 0 Å². The van der Waals surface area contributed by atoms with Crippen LogP contribution < -0.4 is 16.7 Å². The summed E-state index contributed by atoms with van der Waals surface area (Å²) >= 11 is 0. The van der Waals surface area contributed by atoms with Crippen LogP contribution in [0.5, 0.6) is 0 Å². The summed E-state index contributed by atoms with van der Waals surface area (Å²) in [4.78, 5) is 51.2. The molecule has 1 saturated heterocycles. The lowest BCUT2D eigenvalue weighted by molar-refractivity contribution is -0.161. The van der Waals surface area contributed by atoms with E-state index in [1.54, 1.807) is 41.5 Å². The molecule has 1 fully saturated rings. The minimum atomic E-state index is -4.39. The number of hydrogen-bond donors (Lipinski definition) is 2. The number of carbonyl (C=O) groups excluding carboxylic acids is 2. The molecule has 0 unspecified atom stereocenters. The predicted molar refractivity (Wildman–Crippen MR) is 142 cm³/mol. The van der Waals surface area contributed by atoms with E-state index in [1.807, 2.05) is 0 Å². The van der Waals surface area contributed by atoms with Gasteiger partial charge in [0.1, 0.15) is 18.3 Å². The zero-order chi connectivity index (χ0) is 31.5. The van der Waals surface area contributed by atoms with E-state index in [2.05, 4.69) is 15.3 Å². The molecule has 2 N–H and O–H groups in total. The number of esters is 2. The normalized spacial score (nSPS) is 21.3. The largest absolute Gasteiger partial charge is 0.438 e. The Morgan fingerprint density at radius 2 is 1.64 bits per heavy atom. The number of nitrogens with one attached hydrogen (secondary N) is 1. The monoisotopic (exact) mass is 617 g/mol. The standard InChI is InChI=1S/C24H36N5O12P/c1-23(2,3)20(32)37-12-39-42(35,40-13-38-21(33)24(4,5)6)15-11-28(27-26-15)10-14-17(31)18(36-7)19(41-14)29-16(30)8-9-25-22(29)34/h8-9,11,14,17-19,31H,10,12-13H2,1-7H3,(H,25,34)/t14-,17-,18-,19-/m1/s1. The second kappa shape index (κ2) is 13.0. The molecule has 1 aliphatic heterocycles. The van der Waals surface area contributed by atoms with Crippen molar-refractivity contribution in [1.82, 2.24) is 24.5 Å². The number of aliphatic hydroxyl groups is 1. The summed E-state index contributed by atoms with van der Waals surface area (Å²) in [5.41, 5.74) is -3.49. The maximum Gasteiger partial charge on any atom is 0.388 e. The van der Waals surface area contributed by atoms with Gasteiger partial charge in [0, 0.05) is 19.4 Å². The summed E-state index contributed by atoms with van der Waals surface area (Å²) in [6.07, 6.45) is -2.37. The second-order valence-electron chi connectivity index (χ2n) is 11.4. The molecule has 18 heteroatoms. The van der Waals surface area contributed by atoms with E-state index in [4.69, 9.17) is 28.0 Å². The summed E-state index contributed by atoms with van der Waals surface area (Å²) in [6, 6.07) is 1.12. The molecule has 0 saturated carbocycles. The van der Waals surface area contributed by atoms with Crippen LogP contribution in [0.2, 0.25) is 0 Å². The Kier molecular flexibility index (Phi) is 10.3. The maximum absolute atomic E-state index is 13.7. The quantitative estimate of drug-likeness (QED) is 0.194. The van der Waals surface area contributed by atoms with Gasteiger partial charge in [-0.25, -0.2) is 14.0 Å². The Bertz CT molecular complexity index is 1360. The molecule has 0 spiro atoms. The topological polar surface area (TPSA) is 212 Å². The summed E-state index contributed by atoms with van der Waals surface area (Å²) < 4.78 is 47.4. The van der Waals surface area contributed by atoms with Gasteiger partial charge in [-0.2, -0.15) is 0 Å². The van der Waals surface area contributed by atoms with Crippen LogP contribution in [0.3, 0.4) is 0 Å². The van der Waals surface area contributed by atoms with Gasteiger partial charge in [0.2, 0.25) is 13.6 Å². The number of aliphatic hydroxyl groups excluding tert-OH is 1. The van der Waals surface area contributed by atoms with Gasteiger partial charge in [0.25, 0.3) is 5.56 Å². The zero-order valence-electron chi connectivity index (χ0n) is 24.3. The number of H-pyrrole nitrogens is 1. The van der Waals surface area contributed by atoms with E-state index < -0.39 is 79.7 Å². The molecule has 3 heterocycles. The van der Waals surface area contributed by atoms with Crippen molar-refractivity contribution in [2.24, 2.45) is 10.8 Å². The highest BCUT2D eigenvalue weighted by atomic mass is 31.2. The summed E-state index contributed by atoms with van der Waals surface area (Å²) in [7, 11) is -3.10. The number of aromatic nitrogens is 5. The van der Waals surface area contributed by atoms with E-state index in [-0.39, 0.29) is 12.0 Å². The van der Waals surface area contributed by atoms with Crippen LogP contribution in [-0.4, -0.2) is 80.6 Å². The minimum Gasteiger partial charge on any atom is -0.438 e. The first-order valence-electron chi connectivity index (χ1n) is 12.8. The van der Waals surface area contributed by atoms with E-state index in [9.17, 15) is 28.8 Å². The molecule has 4 atom stereocenters. The van der Waals surface area contributed by atoms with Crippen LogP contribution in [0.1, 0.15) is 47.8 Å². The third-order valence-electron chi connectivity index (χ3n) is 5.95. The van der Waals surface area contributed by atoms with Gasteiger partial charge in [-0.1, -0.05) is 5.21 Å². The number of aromatic amines is 1. The van der Waals surface area contributed by atoms with Gasteiger partial charge in [-0.15, -0.1) is 5.10 Å². The Morgan fingerprint density at radius 3 is 2.14 bits per heavy atom. The van der Waals surface area contributed by atoms with E-state index in [1.165, 1.54) is 19.5 Å². The van der Waals surface area contributed by atoms with Crippen LogP contribution >= 0.6 is 7.60 Å². The molecular weight excluding hydrogens is 581 g/mol. The van der Waals surface area contributed by atoms with E-state index in [0.29, 0.717) is 0 Å². The highest BCUT2D eigenvalue weighted by Gasteiger charge is 2.46. The zero-order valence-corrected chi connectivity index (χ0v) is 25.2. The molecule has 0 aromatic carbocycles. The molecule has 234 valence electrons.